The van der Waals surface area contributed by atoms with E-state index in [9.17, 15) is 4.79 Å². The third-order valence-corrected chi connectivity index (χ3v) is 4.86. The predicted octanol–water partition coefficient (Wildman–Crippen LogP) is 2.84. The zero-order valence-corrected chi connectivity index (χ0v) is 15.1. The molecular weight excluding hydrogens is 338 g/mol. The number of hydrogen-bond acceptors (Lipinski definition) is 4. The van der Waals surface area contributed by atoms with Gasteiger partial charge in [-0.05, 0) is 31.5 Å². The monoisotopic (exact) mass is 357 g/mol. The maximum Gasteiger partial charge on any atom is 0.264 e. The minimum Gasteiger partial charge on any atom is -0.294 e. The molecule has 0 bridgehead atoms. The Morgan fingerprint density at radius 3 is 2.68 bits per heavy atom. The van der Waals surface area contributed by atoms with Gasteiger partial charge in [-0.15, -0.1) is 0 Å². The summed E-state index contributed by atoms with van der Waals surface area (Å²) in [4.78, 5) is 19.8. The molecular formula is C18H20ClN5O. The normalized spacial score (nSPS) is 15.0. The van der Waals surface area contributed by atoms with Crippen molar-refractivity contribution >= 4 is 22.6 Å². The van der Waals surface area contributed by atoms with Gasteiger partial charge in [-0.3, -0.25) is 14.3 Å². The Labute approximate surface area is 150 Å². The molecule has 130 valence electrons. The van der Waals surface area contributed by atoms with E-state index in [-0.39, 0.29) is 11.6 Å². The van der Waals surface area contributed by atoms with Gasteiger partial charge in [-0.2, -0.15) is 5.10 Å². The summed E-state index contributed by atoms with van der Waals surface area (Å²) in [6.07, 6.45) is 1.64. The third-order valence-electron chi connectivity index (χ3n) is 4.60. The maximum atomic E-state index is 12.7. The van der Waals surface area contributed by atoms with E-state index in [1.807, 2.05) is 42.8 Å². The largest absolute Gasteiger partial charge is 0.294 e. The van der Waals surface area contributed by atoms with Gasteiger partial charge in [0.1, 0.15) is 11.2 Å². The zero-order chi connectivity index (χ0) is 17.6. The van der Waals surface area contributed by atoms with Crippen LogP contribution in [0.3, 0.4) is 0 Å². The van der Waals surface area contributed by atoms with Gasteiger partial charge in [0, 0.05) is 30.7 Å². The Balaban J connectivity index is 1.66. The summed E-state index contributed by atoms with van der Waals surface area (Å²) in [7, 11) is 0. The topological polar surface area (TPSA) is 56.0 Å². The van der Waals surface area contributed by atoms with Gasteiger partial charge in [0.2, 0.25) is 0 Å². The van der Waals surface area contributed by atoms with Crippen LogP contribution >= 0.6 is 11.6 Å². The highest BCUT2D eigenvalue weighted by Gasteiger charge is 2.22. The molecule has 0 saturated heterocycles. The highest BCUT2D eigenvalue weighted by Crippen LogP contribution is 2.18. The average molecular weight is 358 g/mol. The molecule has 1 aliphatic heterocycles. The summed E-state index contributed by atoms with van der Waals surface area (Å²) in [6.45, 7) is 7.01. The Morgan fingerprint density at radius 2 is 1.96 bits per heavy atom. The Morgan fingerprint density at radius 1 is 1.20 bits per heavy atom. The van der Waals surface area contributed by atoms with Crippen molar-refractivity contribution in [3.05, 3.63) is 57.2 Å². The van der Waals surface area contributed by atoms with E-state index in [1.54, 1.807) is 10.8 Å². The van der Waals surface area contributed by atoms with Crippen molar-refractivity contribution in [1.29, 1.82) is 0 Å². The van der Waals surface area contributed by atoms with Gasteiger partial charge in [-0.25, -0.2) is 9.67 Å². The van der Waals surface area contributed by atoms with Crippen molar-refractivity contribution in [3.63, 3.8) is 0 Å². The Bertz CT molecular complexity index is 974. The van der Waals surface area contributed by atoms with Crippen LogP contribution in [0.25, 0.3) is 11.0 Å². The molecule has 4 rings (SSSR count). The summed E-state index contributed by atoms with van der Waals surface area (Å²) >= 11 is 5.95. The van der Waals surface area contributed by atoms with Crippen molar-refractivity contribution in [2.24, 2.45) is 0 Å². The lowest BCUT2D eigenvalue weighted by atomic mass is 10.2. The molecule has 0 unspecified atom stereocenters. The first-order chi connectivity index (χ1) is 12.0. The van der Waals surface area contributed by atoms with Gasteiger partial charge in [0.15, 0.2) is 5.65 Å². The van der Waals surface area contributed by atoms with E-state index in [0.29, 0.717) is 24.1 Å². The third kappa shape index (κ3) is 2.96. The molecule has 0 radical (unpaired) electrons. The van der Waals surface area contributed by atoms with Crippen LogP contribution in [0.5, 0.6) is 0 Å². The number of nitrogens with zero attached hydrogens (tertiary/aromatic N) is 5. The van der Waals surface area contributed by atoms with Crippen molar-refractivity contribution in [2.75, 3.05) is 6.54 Å². The van der Waals surface area contributed by atoms with E-state index in [0.717, 1.165) is 23.9 Å². The Hall–Kier alpha value is -2.18. The van der Waals surface area contributed by atoms with Gasteiger partial charge in [0.05, 0.1) is 12.7 Å². The van der Waals surface area contributed by atoms with Crippen molar-refractivity contribution < 1.29 is 0 Å². The highest BCUT2D eigenvalue weighted by molar-refractivity contribution is 6.30. The minimum absolute atomic E-state index is 0.0121. The molecule has 0 saturated carbocycles. The van der Waals surface area contributed by atoms with Crippen LogP contribution in [0.2, 0.25) is 5.02 Å². The van der Waals surface area contributed by atoms with Crippen LogP contribution < -0.4 is 5.56 Å². The van der Waals surface area contributed by atoms with Crippen LogP contribution in [0.15, 0.2) is 35.3 Å². The van der Waals surface area contributed by atoms with E-state index in [1.165, 1.54) is 5.56 Å². The fourth-order valence-electron chi connectivity index (χ4n) is 3.30. The quantitative estimate of drug-likeness (QED) is 0.723. The van der Waals surface area contributed by atoms with Crippen LogP contribution in [0.4, 0.5) is 0 Å². The van der Waals surface area contributed by atoms with E-state index >= 15 is 0 Å². The number of aromatic nitrogens is 4. The SMILES string of the molecule is CC(C)n1ncc2c(=O)n3c(nc21)CN(Cc1ccc(Cl)cc1)CC3. The summed E-state index contributed by atoms with van der Waals surface area (Å²) in [6, 6.07) is 8.05. The second-order valence-electron chi connectivity index (χ2n) is 6.74. The standard InChI is InChI=1S/C18H20ClN5O/c1-12(2)24-17-15(9-20-24)18(25)23-8-7-22(11-16(23)21-17)10-13-3-5-14(19)6-4-13/h3-6,9,12H,7-8,10-11H2,1-2H3. The molecule has 1 aromatic carbocycles. The lowest BCUT2D eigenvalue weighted by Crippen LogP contribution is -2.39. The second-order valence-corrected chi connectivity index (χ2v) is 7.18. The molecule has 0 fully saturated rings. The molecule has 0 aliphatic carbocycles. The number of benzene rings is 1. The van der Waals surface area contributed by atoms with E-state index < -0.39 is 0 Å². The molecule has 0 N–H and O–H groups in total. The fraction of sp³-hybridized carbons (Fsp3) is 0.389. The number of fused-ring (bicyclic) bond motifs is 2. The first-order valence-corrected chi connectivity index (χ1v) is 8.84. The minimum atomic E-state index is 0.0121. The molecule has 0 amide bonds. The smallest absolute Gasteiger partial charge is 0.264 e. The molecule has 7 heteroatoms. The summed E-state index contributed by atoms with van der Waals surface area (Å²) in [5.74, 6) is 0.806. The number of rotatable bonds is 3. The summed E-state index contributed by atoms with van der Waals surface area (Å²) in [5, 5.41) is 5.68. The van der Waals surface area contributed by atoms with Crippen molar-refractivity contribution in [2.45, 2.75) is 39.5 Å². The van der Waals surface area contributed by atoms with Crippen LogP contribution in [0.1, 0.15) is 31.3 Å². The van der Waals surface area contributed by atoms with Crippen molar-refractivity contribution in [1.82, 2.24) is 24.2 Å². The molecule has 1 aliphatic rings. The van der Waals surface area contributed by atoms with Crippen LogP contribution in [-0.4, -0.2) is 30.8 Å². The Kier molecular flexibility index (Phi) is 4.09. The molecule has 3 aromatic rings. The molecule has 2 aromatic heterocycles. The first kappa shape index (κ1) is 16.3. The summed E-state index contributed by atoms with van der Waals surface area (Å²) in [5.41, 5.74) is 1.89. The first-order valence-electron chi connectivity index (χ1n) is 8.46. The van der Waals surface area contributed by atoms with E-state index in [2.05, 4.69) is 10.00 Å². The van der Waals surface area contributed by atoms with Gasteiger partial charge < -0.3 is 0 Å². The lowest BCUT2D eigenvalue weighted by Gasteiger charge is -2.29. The molecule has 25 heavy (non-hydrogen) atoms. The van der Waals surface area contributed by atoms with Gasteiger partial charge in [-0.1, -0.05) is 23.7 Å². The van der Waals surface area contributed by atoms with Crippen molar-refractivity contribution in [3.8, 4) is 0 Å². The summed E-state index contributed by atoms with van der Waals surface area (Å²) < 4.78 is 3.60. The zero-order valence-electron chi connectivity index (χ0n) is 14.3. The fourth-order valence-corrected chi connectivity index (χ4v) is 3.42. The van der Waals surface area contributed by atoms with Gasteiger partial charge in [0.25, 0.3) is 5.56 Å². The molecule has 0 spiro atoms. The highest BCUT2D eigenvalue weighted by atomic mass is 35.5. The lowest BCUT2D eigenvalue weighted by molar-refractivity contribution is 0.204. The number of halogens is 1. The van der Waals surface area contributed by atoms with Gasteiger partial charge >= 0.3 is 0 Å². The number of hydrogen-bond donors (Lipinski definition) is 0. The van der Waals surface area contributed by atoms with E-state index in [4.69, 9.17) is 16.6 Å². The predicted molar refractivity (Wildman–Crippen MR) is 97.7 cm³/mol. The van der Waals surface area contributed by atoms with Crippen LogP contribution in [-0.2, 0) is 19.6 Å². The van der Waals surface area contributed by atoms with Crippen LogP contribution in [0, 0.1) is 0 Å². The molecule has 3 heterocycles. The maximum absolute atomic E-state index is 12.7. The molecule has 6 nitrogen and oxygen atoms in total. The second kappa shape index (κ2) is 6.28. The molecule has 0 atom stereocenters. The average Bonchev–Trinajstić information content (AvgIpc) is 3.01.